The first-order valence-electron chi connectivity index (χ1n) is 8.88. The van der Waals surface area contributed by atoms with Crippen molar-refractivity contribution >= 4 is 34.2 Å². The van der Waals surface area contributed by atoms with E-state index in [1.807, 2.05) is 0 Å². The van der Waals surface area contributed by atoms with E-state index in [1.54, 1.807) is 25.1 Å². The molecular weight excluding hydrogens is 385 g/mol. The quantitative estimate of drug-likeness (QED) is 0.686. The minimum atomic E-state index is -1.40. The molecule has 2 aromatic heterocycles. The van der Waals surface area contributed by atoms with Gasteiger partial charge >= 0.3 is 5.97 Å². The van der Waals surface area contributed by atoms with Crippen LogP contribution in [0.2, 0.25) is 5.02 Å². The summed E-state index contributed by atoms with van der Waals surface area (Å²) < 4.78 is 16.2. The number of benzene rings is 1. The second kappa shape index (κ2) is 6.91. The van der Waals surface area contributed by atoms with Crippen LogP contribution in [0.15, 0.2) is 35.3 Å². The van der Waals surface area contributed by atoms with E-state index in [-0.39, 0.29) is 27.7 Å². The molecule has 1 aliphatic rings. The van der Waals surface area contributed by atoms with Crippen LogP contribution in [-0.2, 0) is 0 Å². The number of nitrogens with zero attached hydrogens (tertiary/aromatic N) is 2. The van der Waals surface area contributed by atoms with Crippen LogP contribution in [0.1, 0.15) is 35.3 Å². The number of pyridine rings is 2. The normalized spacial score (nSPS) is 14.1. The van der Waals surface area contributed by atoms with E-state index < -0.39 is 22.8 Å². The number of carboxylic acids is 1. The number of hydrogen-bond donors (Lipinski definition) is 2. The minimum Gasteiger partial charge on any atom is -0.477 e. The highest BCUT2D eigenvalue weighted by Gasteiger charge is 2.25. The van der Waals surface area contributed by atoms with E-state index in [4.69, 9.17) is 11.6 Å². The first-order valence-corrected chi connectivity index (χ1v) is 9.26. The number of aromatic nitrogens is 2. The molecule has 144 valence electrons. The number of hydrogen-bond acceptors (Lipinski definition) is 4. The van der Waals surface area contributed by atoms with Gasteiger partial charge in [-0.1, -0.05) is 17.7 Å². The molecular formula is C20H17ClFN3O3. The molecule has 1 aliphatic carbocycles. The summed E-state index contributed by atoms with van der Waals surface area (Å²) in [5.41, 5.74) is -0.235. The first kappa shape index (κ1) is 18.4. The molecule has 1 aromatic carbocycles. The molecule has 2 N–H and O–H groups in total. The number of rotatable bonds is 4. The lowest BCUT2D eigenvalue weighted by Crippen LogP contribution is -2.28. The Morgan fingerprint density at radius 2 is 2.14 bits per heavy atom. The van der Waals surface area contributed by atoms with Gasteiger partial charge in [0, 0.05) is 17.9 Å². The molecule has 28 heavy (non-hydrogen) atoms. The third-order valence-corrected chi connectivity index (χ3v) is 5.35. The van der Waals surface area contributed by atoms with Crippen molar-refractivity contribution in [3.05, 3.63) is 62.8 Å². The number of carboxylic acid groups (broad SMARTS) is 1. The molecule has 3 aromatic rings. The van der Waals surface area contributed by atoms with Crippen molar-refractivity contribution in [2.75, 3.05) is 5.32 Å². The van der Waals surface area contributed by atoms with Crippen molar-refractivity contribution in [3.8, 4) is 5.82 Å². The Kier molecular flexibility index (Phi) is 4.55. The van der Waals surface area contributed by atoms with Crippen molar-refractivity contribution in [2.24, 2.45) is 0 Å². The number of aromatic carboxylic acids is 1. The third-order valence-electron chi connectivity index (χ3n) is 4.99. The first-order chi connectivity index (χ1) is 13.4. The zero-order valence-electron chi connectivity index (χ0n) is 15.0. The van der Waals surface area contributed by atoms with Crippen LogP contribution in [0.4, 0.5) is 10.1 Å². The topological polar surface area (TPSA) is 84.2 Å². The second-order valence-electron chi connectivity index (χ2n) is 6.90. The van der Waals surface area contributed by atoms with Crippen LogP contribution in [-0.4, -0.2) is 26.7 Å². The van der Waals surface area contributed by atoms with Crippen LogP contribution in [0.5, 0.6) is 0 Å². The van der Waals surface area contributed by atoms with Crippen LogP contribution in [0.3, 0.4) is 0 Å². The predicted octanol–water partition coefficient (Wildman–Crippen LogP) is 4.15. The van der Waals surface area contributed by atoms with Crippen molar-refractivity contribution in [1.29, 1.82) is 0 Å². The molecule has 0 radical (unpaired) electrons. The number of fused-ring (bicyclic) bond motifs is 1. The Morgan fingerprint density at radius 1 is 1.39 bits per heavy atom. The molecule has 0 bridgehead atoms. The molecule has 0 spiro atoms. The Labute approximate surface area is 164 Å². The summed E-state index contributed by atoms with van der Waals surface area (Å²) in [6, 6.07) is 6.38. The van der Waals surface area contributed by atoms with Crippen molar-refractivity contribution in [3.63, 3.8) is 0 Å². The zero-order valence-corrected chi connectivity index (χ0v) is 15.8. The van der Waals surface area contributed by atoms with Gasteiger partial charge in [-0.25, -0.2) is 14.2 Å². The predicted molar refractivity (Wildman–Crippen MR) is 105 cm³/mol. The number of anilines is 1. The van der Waals surface area contributed by atoms with Crippen LogP contribution in [0.25, 0.3) is 16.7 Å². The summed E-state index contributed by atoms with van der Waals surface area (Å²) in [6.45, 7) is 1.79. The zero-order chi connectivity index (χ0) is 20.0. The highest BCUT2D eigenvalue weighted by Crippen LogP contribution is 2.36. The lowest BCUT2D eigenvalue weighted by molar-refractivity contribution is 0.0695. The van der Waals surface area contributed by atoms with E-state index in [2.05, 4.69) is 10.3 Å². The van der Waals surface area contributed by atoms with Gasteiger partial charge in [-0.3, -0.25) is 9.36 Å². The summed E-state index contributed by atoms with van der Waals surface area (Å²) in [6.07, 6.45) is 4.08. The molecule has 1 saturated carbocycles. The fourth-order valence-corrected chi connectivity index (χ4v) is 3.64. The molecule has 0 aliphatic heterocycles. The Morgan fingerprint density at radius 3 is 2.75 bits per heavy atom. The number of aryl methyl sites for hydroxylation is 1. The average Bonchev–Trinajstić information content (AvgIpc) is 2.60. The number of carbonyl (C=O) groups is 1. The Bertz CT molecular complexity index is 1170. The average molecular weight is 402 g/mol. The number of nitrogens with one attached hydrogen (secondary N) is 1. The van der Waals surface area contributed by atoms with Crippen molar-refractivity contribution < 1.29 is 14.3 Å². The van der Waals surface area contributed by atoms with Crippen molar-refractivity contribution in [1.82, 2.24) is 9.55 Å². The molecule has 0 amide bonds. The van der Waals surface area contributed by atoms with Gasteiger partial charge in [-0.05, 0) is 44.4 Å². The third kappa shape index (κ3) is 3.01. The molecule has 0 unspecified atom stereocenters. The molecule has 2 heterocycles. The maximum Gasteiger partial charge on any atom is 0.341 e. The van der Waals surface area contributed by atoms with E-state index in [0.29, 0.717) is 11.5 Å². The molecule has 0 saturated heterocycles. The molecule has 4 rings (SSSR count). The Hall–Kier alpha value is -2.93. The molecule has 8 heteroatoms. The standard InChI is InChI=1S/C20H17ClFN3O3/c1-10-4-2-7-15(23-10)25-9-13(20(27)28)19(26)12-8-14(22)17(16(21)18(12)25)24-11-5-3-6-11/h2,4,7-9,11,24H,3,5-6H2,1H3,(H,27,28). The summed E-state index contributed by atoms with van der Waals surface area (Å²) in [7, 11) is 0. The van der Waals surface area contributed by atoms with Gasteiger partial charge in [-0.15, -0.1) is 0 Å². The highest BCUT2D eigenvalue weighted by molar-refractivity contribution is 6.38. The monoisotopic (exact) mass is 401 g/mol. The molecule has 1 fully saturated rings. The van der Waals surface area contributed by atoms with Crippen LogP contribution >= 0.6 is 11.6 Å². The van der Waals surface area contributed by atoms with Gasteiger partial charge < -0.3 is 10.4 Å². The maximum atomic E-state index is 14.8. The summed E-state index contributed by atoms with van der Waals surface area (Å²) >= 11 is 6.53. The lowest BCUT2D eigenvalue weighted by Gasteiger charge is -2.28. The summed E-state index contributed by atoms with van der Waals surface area (Å²) in [5.74, 6) is -1.70. The van der Waals surface area contributed by atoms with Gasteiger partial charge in [0.25, 0.3) is 0 Å². The van der Waals surface area contributed by atoms with Gasteiger partial charge in [-0.2, -0.15) is 0 Å². The van der Waals surface area contributed by atoms with Crippen LogP contribution < -0.4 is 10.7 Å². The number of halogens is 2. The SMILES string of the molecule is Cc1cccc(-n2cc(C(=O)O)c(=O)c3cc(F)c(NC4CCC4)c(Cl)c32)n1. The second-order valence-corrected chi connectivity index (χ2v) is 7.28. The largest absolute Gasteiger partial charge is 0.477 e. The fourth-order valence-electron chi connectivity index (χ4n) is 3.30. The van der Waals surface area contributed by atoms with Gasteiger partial charge in [0.2, 0.25) is 5.43 Å². The van der Waals surface area contributed by atoms with Gasteiger partial charge in [0.15, 0.2) is 0 Å². The van der Waals surface area contributed by atoms with E-state index in [0.717, 1.165) is 25.3 Å². The van der Waals surface area contributed by atoms with Gasteiger partial charge in [0.05, 0.1) is 21.6 Å². The van der Waals surface area contributed by atoms with Gasteiger partial charge in [0.1, 0.15) is 17.2 Å². The summed E-state index contributed by atoms with van der Waals surface area (Å²) in [5, 5.41) is 12.4. The van der Waals surface area contributed by atoms with E-state index >= 15 is 0 Å². The minimum absolute atomic E-state index is 0.0271. The van der Waals surface area contributed by atoms with E-state index in [1.165, 1.54) is 10.8 Å². The van der Waals surface area contributed by atoms with Crippen LogP contribution in [0, 0.1) is 12.7 Å². The fraction of sp³-hybridized carbons (Fsp3) is 0.250. The maximum absolute atomic E-state index is 14.8. The smallest absolute Gasteiger partial charge is 0.341 e. The Balaban J connectivity index is 2.07. The molecule has 6 nitrogen and oxygen atoms in total. The summed E-state index contributed by atoms with van der Waals surface area (Å²) in [4.78, 5) is 28.6. The lowest BCUT2D eigenvalue weighted by atomic mass is 9.93. The highest BCUT2D eigenvalue weighted by atomic mass is 35.5. The van der Waals surface area contributed by atoms with Crippen molar-refractivity contribution in [2.45, 2.75) is 32.2 Å². The molecule has 0 atom stereocenters. The van der Waals surface area contributed by atoms with E-state index in [9.17, 15) is 19.1 Å².